The molecule has 148 valence electrons. The van der Waals surface area contributed by atoms with Gasteiger partial charge in [-0.3, -0.25) is 9.59 Å². The van der Waals surface area contributed by atoms with Crippen LogP contribution in [0.1, 0.15) is 35.2 Å². The number of amides is 1. The van der Waals surface area contributed by atoms with Gasteiger partial charge >= 0.3 is 0 Å². The smallest absolute Gasteiger partial charge is 0.219 e. The lowest BCUT2D eigenvalue weighted by molar-refractivity contribution is -0.127. The molecule has 1 heterocycles. The summed E-state index contributed by atoms with van der Waals surface area (Å²) >= 11 is 0. The molecule has 2 aromatic carbocycles. The number of rotatable bonds is 6. The minimum Gasteiger partial charge on any atom is -0.507 e. The molecule has 5 nitrogen and oxygen atoms in total. The van der Waals surface area contributed by atoms with Crippen molar-refractivity contribution in [2.24, 2.45) is 5.92 Å². The van der Waals surface area contributed by atoms with Gasteiger partial charge in [-0.15, -0.1) is 0 Å². The van der Waals surface area contributed by atoms with Gasteiger partial charge in [-0.25, -0.2) is 8.78 Å². The maximum atomic E-state index is 14.3. The Hall–Kier alpha value is -2.96. The number of phenols is 1. The molecule has 1 amide bonds. The monoisotopic (exact) mass is 389 g/mol. The highest BCUT2D eigenvalue weighted by Gasteiger charge is 2.36. The third-order valence-corrected chi connectivity index (χ3v) is 5.15. The summed E-state index contributed by atoms with van der Waals surface area (Å²) in [6, 6.07) is 7.87. The number of ether oxygens (including phenoxy) is 1. The SMILES string of the molecule is CC(=O)N1C[C@@H](CCOc2cccc(O)c2C=O)[C@H](c2cc(F)ccc2F)C1. The summed E-state index contributed by atoms with van der Waals surface area (Å²) in [5.74, 6) is -1.54. The average molecular weight is 389 g/mol. The number of hydrogen-bond donors (Lipinski definition) is 1. The summed E-state index contributed by atoms with van der Waals surface area (Å²) in [4.78, 5) is 24.5. The molecule has 0 bridgehead atoms. The van der Waals surface area contributed by atoms with Crippen molar-refractivity contribution in [3.8, 4) is 11.5 Å². The molecule has 1 N–H and O–H groups in total. The van der Waals surface area contributed by atoms with E-state index >= 15 is 0 Å². The Balaban J connectivity index is 1.75. The lowest BCUT2D eigenvalue weighted by atomic mass is 9.86. The molecule has 7 heteroatoms. The van der Waals surface area contributed by atoms with E-state index in [1.807, 2.05) is 0 Å². The van der Waals surface area contributed by atoms with E-state index in [1.54, 1.807) is 17.0 Å². The van der Waals surface area contributed by atoms with E-state index in [0.717, 1.165) is 12.1 Å². The molecular weight excluding hydrogens is 368 g/mol. The van der Waals surface area contributed by atoms with Crippen LogP contribution in [0.2, 0.25) is 0 Å². The topological polar surface area (TPSA) is 66.8 Å². The Morgan fingerprint density at radius 3 is 2.79 bits per heavy atom. The average Bonchev–Trinajstić information content (AvgIpc) is 3.08. The van der Waals surface area contributed by atoms with Crippen LogP contribution in [0.3, 0.4) is 0 Å². The number of phenolic OH excluding ortho intramolecular Hbond substituents is 1. The van der Waals surface area contributed by atoms with Crippen LogP contribution in [0, 0.1) is 17.6 Å². The van der Waals surface area contributed by atoms with Crippen molar-refractivity contribution in [3.05, 3.63) is 59.2 Å². The summed E-state index contributed by atoms with van der Waals surface area (Å²) in [7, 11) is 0. The highest BCUT2D eigenvalue weighted by molar-refractivity contribution is 5.83. The van der Waals surface area contributed by atoms with Crippen LogP contribution in [-0.4, -0.2) is 41.9 Å². The van der Waals surface area contributed by atoms with E-state index in [2.05, 4.69) is 0 Å². The Labute approximate surface area is 161 Å². The minimum absolute atomic E-state index is 0.0620. The maximum absolute atomic E-state index is 14.3. The molecule has 0 unspecified atom stereocenters. The van der Waals surface area contributed by atoms with Crippen molar-refractivity contribution in [3.63, 3.8) is 0 Å². The van der Waals surface area contributed by atoms with Crippen LogP contribution in [-0.2, 0) is 4.79 Å². The van der Waals surface area contributed by atoms with Gasteiger partial charge in [-0.05, 0) is 48.2 Å². The first-order valence-electron chi connectivity index (χ1n) is 9.01. The summed E-state index contributed by atoms with van der Waals surface area (Å²) in [6.45, 7) is 2.38. The van der Waals surface area contributed by atoms with E-state index in [-0.39, 0.29) is 47.0 Å². The van der Waals surface area contributed by atoms with Gasteiger partial charge in [0.1, 0.15) is 23.1 Å². The summed E-state index contributed by atoms with van der Waals surface area (Å²) < 4.78 is 33.6. The minimum atomic E-state index is -0.525. The van der Waals surface area contributed by atoms with Gasteiger partial charge in [0.15, 0.2) is 6.29 Å². The van der Waals surface area contributed by atoms with Gasteiger partial charge < -0.3 is 14.7 Å². The third kappa shape index (κ3) is 4.13. The Morgan fingerprint density at radius 1 is 1.29 bits per heavy atom. The van der Waals surface area contributed by atoms with Gasteiger partial charge in [-0.1, -0.05) is 6.07 Å². The molecular formula is C21H21F2NO4. The molecule has 0 aromatic heterocycles. The molecule has 0 spiro atoms. The van der Waals surface area contributed by atoms with Gasteiger partial charge in [0.2, 0.25) is 5.91 Å². The number of aromatic hydroxyl groups is 1. The fourth-order valence-electron chi connectivity index (χ4n) is 3.67. The van der Waals surface area contributed by atoms with Crippen LogP contribution in [0.5, 0.6) is 11.5 Å². The molecule has 2 atom stereocenters. The molecule has 0 radical (unpaired) electrons. The van der Waals surface area contributed by atoms with Crippen molar-refractivity contribution in [1.82, 2.24) is 4.90 Å². The molecule has 1 saturated heterocycles. The van der Waals surface area contributed by atoms with Crippen LogP contribution >= 0.6 is 0 Å². The molecule has 3 rings (SSSR count). The zero-order valence-corrected chi connectivity index (χ0v) is 15.4. The normalized spacial score (nSPS) is 18.9. The number of likely N-dealkylation sites (tertiary alicyclic amines) is 1. The number of carbonyl (C=O) groups is 2. The molecule has 1 fully saturated rings. The standard InChI is InChI=1S/C21H21F2NO4/c1-13(26)24-10-14(17(11-24)16-9-15(22)5-6-19(16)23)7-8-28-21-4-2-3-20(27)18(21)12-25/h2-6,9,12,14,17,27H,7-8,10-11H2,1H3/t14-,17-/m1/s1. The van der Waals surface area contributed by atoms with Crippen LogP contribution in [0.4, 0.5) is 8.78 Å². The summed E-state index contributed by atoms with van der Waals surface area (Å²) in [5.41, 5.74) is 0.312. The Morgan fingerprint density at radius 2 is 2.07 bits per heavy atom. The second kappa shape index (κ2) is 8.37. The van der Waals surface area contributed by atoms with Crippen molar-refractivity contribution < 1.29 is 28.2 Å². The highest BCUT2D eigenvalue weighted by atomic mass is 19.1. The van der Waals surface area contributed by atoms with Gasteiger partial charge in [0.25, 0.3) is 0 Å². The lowest BCUT2D eigenvalue weighted by Gasteiger charge is -2.19. The fourth-order valence-corrected chi connectivity index (χ4v) is 3.67. The zero-order valence-electron chi connectivity index (χ0n) is 15.4. The predicted molar refractivity (Wildman–Crippen MR) is 98.4 cm³/mol. The molecule has 28 heavy (non-hydrogen) atoms. The molecule has 0 saturated carbocycles. The van der Waals surface area contributed by atoms with Crippen LogP contribution in [0.25, 0.3) is 0 Å². The maximum Gasteiger partial charge on any atom is 0.219 e. The predicted octanol–water partition coefficient (Wildman–Crippen LogP) is 3.51. The fraction of sp³-hybridized carbons (Fsp3) is 0.333. The number of carbonyl (C=O) groups excluding carboxylic acids is 2. The first kappa shape index (κ1) is 19.8. The van der Waals surface area contributed by atoms with Crippen molar-refractivity contribution in [2.75, 3.05) is 19.7 Å². The lowest BCUT2D eigenvalue weighted by Crippen LogP contribution is -2.26. The number of halogens is 2. The largest absolute Gasteiger partial charge is 0.507 e. The Bertz CT molecular complexity index is 887. The van der Waals surface area contributed by atoms with Crippen molar-refractivity contribution in [2.45, 2.75) is 19.3 Å². The van der Waals surface area contributed by atoms with Gasteiger partial charge in [-0.2, -0.15) is 0 Å². The molecule has 1 aliphatic heterocycles. The third-order valence-electron chi connectivity index (χ3n) is 5.15. The van der Waals surface area contributed by atoms with Crippen molar-refractivity contribution >= 4 is 12.2 Å². The summed E-state index contributed by atoms with van der Waals surface area (Å²) in [5, 5.41) is 9.71. The van der Waals surface area contributed by atoms with E-state index in [1.165, 1.54) is 19.1 Å². The van der Waals surface area contributed by atoms with Crippen LogP contribution in [0.15, 0.2) is 36.4 Å². The molecule has 1 aliphatic rings. The van der Waals surface area contributed by atoms with Crippen molar-refractivity contribution in [1.29, 1.82) is 0 Å². The quantitative estimate of drug-likeness (QED) is 0.768. The van der Waals surface area contributed by atoms with E-state index < -0.39 is 11.6 Å². The van der Waals surface area contributed by atoms with Gasteiger partial charge in [0.05, 0.1) is 12.2 Å². The summed E-state index contributed by atoms with van der Waals surface area (Å²) in [6.07, 6.45) is 0.987. The molecule has 2 aromatic rings. The number of aldehydes is 1. The first-order valence-corrected chi connectivity index (χ1v) is 9.01. The number of hydrogen-bond acceptors (Lipinski definition) is 4. The second-order valence-corrected chi connectivity index (χ2v) is 6.90. The van der Waals surface area contributed by atoms with E-state index in [9.17, 15) is 23.5 Å². The Kier molecular flexibility index (Phi) is 5.92. The number of nitrogens with zero attached hydrogens (tertiary/aromatic N) is 1. The highest BCUT2D eigenvalue weighted by Crippen LogP contribution is 2.36. The first-order chi connectivity index (χ1) is 13.4. The van der Waals surface area contributed by atoms with E-state index in [4.69, 9.17) is 4.74 Å². The van der Waals surface area contributed by atoms with Crippen LogP contribution < -0.4 is 4.74 Å². The van der Waals surface area contributed by atoms with E-state index in [0.29, 0.717) is 25.8 Å². The van der Waals surface area contributed by atoms with Gasteiger partial charge in [0, 0.05) is 25.9 Å². The second-order valence-electron chi connectivity index (χ2n) is 6.90. The molecule has 0 aliphatic carbocycles. The number of benzene rings is 2. The zero-order chi connectivity index (χ0) is 20.3.